The van der Waals surface area contributed by atoms with Crippen molar-refractivity contribution in [3.63, 3.8) is 0 Å². The van der Waals surface area contributed by atoms with Gasteiger partial charge < -0.3 is 9.88 Å². The Balaban J connectivity index is 1.43. The molecule has 0 spiro atoms. The molecule has 1 amide bonds. The molecule has 29 heavy (non-hydrogen) atoms. The van der Waals surface area contributed by atoms with Gasteiger partial charge >= 0.3 is 0 Å². The molecule has 0 saturated heterocycles. The summed E-state index contributed by atoms with van der Waals surface area (Å²) in [6.45, 7) is 2.00. The van der Waals surface area contributed by atoms with Crippen LogP contribution in [0.5, 0.6) is 0 Å². The third kappa shape index (κ3) is 4.70. The Bertz CT molecular complexity index is 964. The summed E-state index contributed by atoms with van der Waals surface area (Å²) >= 11 is 1.47. The number of aromatic nitrogens is 3. The molecule has 1 aliphatic rings. The zero-order valence-corrected chi connectivity index (χ0v) is 17.5. The smallest absolute Gasteiger partial charge is 0.234 e. The van der Waals surface area contributed by atoms with Crippen LogP contribution in [0.4, 0.5) is 5.69 Å². The molecule has 1 aliphatic carbocycles. The molecule has 1 N–H and O–H groups in total. The van der Waals surface area contributed by atoms with Gasteiger partial charge in [-0.1, -0.05) is 79.6 Å². The third-order valence-corrected chi connectivity index (χ3v) is 6.34. The van der Waals surface area contributed by atoms with Crippen molar-refractivity contribution in [2.45, 2.75) is 50.2 Å². The number of para-hydroxylation sites is 1. The van der Waals surface area contributed by atoms with Gasteiger partial charge in [0.1, 0.15) is 5.82 Å². The summed E-state index contributed by atoms with van der Waals surface area (Å²) in [7, 11) is 0. The first-order valence-corrected chi connectivity index (χ1v) is 11.2. The number of nitrogens with zero attached hydrogens (tertiary/aromatic N) is 3. The Morgan fingerprint density at radius 1 is 1.03 bits per heavy atom. The standard InChI is InChI=1S/C23H26N4OS/c1-17-25-26-23(27(17)19-12-6-3-7-13-19)29-16-22(28)24-21-15-9-8-14-20(21)18-10-4-2-5-11-18/h2,4-5,8-11,14-15,19H,3,6-7,12-13,16H2,1H3,(H,24,28). The molecule has 1 fully saturated rings. The molecule has 2 aromatic carbocycles. The summed E-state index contributed by atoms with van der Waals surface area (Å²) < 4.78 is 2.23. The van der Waals surface area contributed by atoms with E-state index in [2.05, 4.69) is 32.2 Å². The monoisotopic (exact) mass is 406 g/mol. The maximum atomic E-state index is 12.7. The van der Waals surface area contributed by atoms with Crippen LogP contribution in [0.2, 0.25) is 0 Å². The topological polar surface area (TPSA) is 59.8 Å². The lowest BCUT2D eigenvalue weighted by molar-refractivity contribution is -0.113. The van der Waals surface area contributed by atoms with Gasteiger partial charge in [0.25, 0.3) is 0 Å². The predicted octanol–water partition coefficient (Wildman–Crippen LogP) is 5.49. The Labute approximate surface area is 175 Å². The number of aryl methyl sites for hydroxylation is 1. The van der Waals surface area contributed by atoms with Crippen LogP contribution < -0.4 is 5.32 Å². The van der Waals surface area contributed by atoms with Crippen LogP contribution in [0.15, 0.2) is 59.8 Å². The van der Waals surface area contributed by atoms with Crippen LogP contribution in [0.1, 0.15) is 44.0 Å². The second-order valence-electron chi connectivity index (χ2n) is 7.44. The van der Waals surface area contributed by atoms with Crippen LogP contribution in [-0.4, -0.2) is 26.4 Å². The SMILES string of the molecule is Cc1nnc(SCC(=O)Nc2ccccc2-c2ccccc2)n1C1CCCCC1. The molecule has 5 nitrogen and oxygen atoms in total. The van der Waals surface area contributed by atoms with Crippen molar-refractivity contribution < 1.29 is 4.79 Å². The van der Waals surface area contributed by atoms with E-state index >= 15 is 0 Å². The number of nitrogens with one attached hydrogen (secondary N) is 1. The summed E-state index contributed by atoms with van der Waals surface area (Å²) in [5.41, 5.74) is 2.94. The van der Waals surface area contributed by atoms with E-state index in [4.69, 9.17) is 0 Å². The second-order valence-corrected chi connectivity index (χ2v) is 8.38. The number of thioether (sulfide) groups is 1. The van der Waals surface area contributed by atoms with Gasteiger partial charge in [-0.05, 0) is 31.4 Å². The summed E-state index contributed by atoms with van der Waals surface area (Å²) in [5, 5.41) is 12.5. The van der Waals surface area contributed by atoms with Crippen LogP contribution in [-0.2, 0) is 4.79 Å². The Hall–Kier alpha value is -2.60. The van der Waals surface area contributed by atoms with Crippen molar-refractivity contribution in [1.82, 2.24) is 14.8 Å². The van der Waals surface area contributed by atoms with Crippen LogP contribution >= 0.6 is 11.8 Å². The molecule has 1 aromatic heterocycles. The minimum atomic E-state index is -0.0331. The van der Waals surface area contributed by atoms with E-state index in [1.807, 2.05) is 49.4 Å². The van der Waals surface area contributed by atoms with E-state index in [-0.39, 0.29) is 5.91 Å². The number of anilines is 1. The maximum Gasteiger partial charge on any atom is 0.234 e. The van der Waals surface area contributed by atoms with Gasteiger partial charge in [0.15, 0.2) is 5.16 Å². The van der Waals surface area contributed by atoms with Crippen molar-refractivity contribution in [2.75, 3.05) is 11.1 Å². The van der Waals surface area contributed by atoms with Gasteiger partial charge in [0.2, 0.25) is 5.91 Å². The largest absolute Gasteiger partial charge is 0.325 e. The van der Waals surface area contributed by atoms with E-state index in [0.29, 0.717) is 11.8 Å². The highest BCUT2D eigenvalue weighted by Crippen LogP contribution is 2.33. The molecule has 3 aromatic rings. The number of amides is 1. The summed E-state index contributed by atoms with van der Waals surface area (Å²) in [6, 6.07) is 18.5. The van der Waals surface area contributed by atoms with Crippen LogP contribution in [0.3, 0.4) is 0 Å². The zero-order valence-electron chi connectivity index (χ0n) is 16.7. The number of rotatable bonds is 6. The molecule has 0 bridgehead atoms. The fourth-order valence-corrected chi connectivity index (χ4v) is 4.84. The fraction of sp³-hybridized carbons (Fsp3) is 0.348. The molecule has 1 saturated carbocycles. The number of hydrogen-bond acceptors (Lipinski definition) is 4. The van der Waals surface area contributed by atoms with Crippen molar-refractivity contribution in [1.29, 1.82) is 0 Å². The van der Waals surface area contributed by atoms with Crippen LogP contribution in [0, 0.1) is 6.92 Å². The highest BCUT2D eigenvalue weighted by molar-refractivity contribution is 7.99. The summed E-state index contributed by atoms with van der Waals surface area (Å²) in [5.74, 6) is 1.22. The maximum absolute atomic E-state index is 12.7. The van der Waals surface area contributed by atoms with E-state index in [1.54, 1.807) is 0 Å². The summed E-state index contributed by atoms with van der Waals surface area (Å²) in [6.07, 6.45) is 6.15. The first-order valence-electron chi connectivity index (χ1n) is 10.2. The van der Waals surface area contributed by atoms with Crippen molar-refractivity contribution in [2.24, 2.45) is 0 Å². The number of carbonyl (C=O) groups is 1. The lowest BCUT2D eigenvalue weighted by Gasteiger charge is -2.24. The molecule has 4 rings (SSSR count). The van der Waals surface area contributed by atoms with E-state index in [0.717, 1.165) is 27.8 Å². The van der Waals surface area contributed by atoms with Gasteiger partial charge in [-0.3, -0.25) is 4.79 Å². The molecule has 1 heterocycles. The van der Waals surface area contributed by atoms with Gasteiger partial charge in [-0.25, -0.2) is 0 Å². The molecular formula is C23H26N4OS. The lowest BCUT2D eigenvalue weighted by Crippen LogP contribution is -2.17. The van der Waals surface area contributed by atoms with Crippen molar-refractivity contribution >= 4 is 23.4 Å². The van der Waals surface area contributed by atoms with Crippen molar-refractivity contribution in [3.8, 4) is 11.1 Å². The van der Waals surface area contributed by atoms with Gasteiger partial charge in [-0.2, -0.15) is 0 Å². The van der Waals surface area contributed by atoms with Crippen molar-refractivity contribution in [3.05, 3.63) is 60.4 Å². The molecule has 0 radical (unpaired) electrons. The Morgan fingerprint density at radius 2 is 1.76 bits per heavy atom. The van der Waals surface area contributed by atoms with E-state index in [9.17, 15) is 4.79 Å². The van der Waals surface area contributed by atoms with Crippen LogP contribution in [0.25, 0.3) is 11.1 Å². The van der Waals surface area contributed by atoms with Gasteiger partial charge in [0.05, 0.1) is 5.75 Å². The molecule has 6 heteroatoms. The third-order valence-electron chi connectivity index (χ3n) is 5.39. The highest BCUT2D eigenvalue weighted by atomic mass is 32.2. The molecule has 150 valence electrons. The second kappa shape index (κ2) is 9.27. The Kier molecular flexibility index (Phi) is 6.30. The number of benzene rings is 2. The van der Waals surface area contributed by atoms with E-state index < -0.39 is 0 Å². The minimum Gasteiger partial charge on any atom is -0.325 e. The number of carbonyl (C=O) groups excluding carboxylic acids is 1. The van der Waals surface area contributed by atoms with Gasteiger partial charge in [0, 0.05) is 17.3 Å². The zero-order chi connectivity index (χ0) is 20.1. The fourth-order valence-electron chi connectivity index (χ4n) is 3.99. The summed E-state index contributed by atoms with van der Waals surface area (Å²) in [4.78, 5) is 12.7. The lowest BCUT2D eigenvalue weighted by atomic mass is 9.95. The van der Waals surface area contributed by atoms with Gasteiger partial charge in [-0.15, -0.1) is 10.2 Å². The van der Waals surface area contributed by atoms with E-state index in [1.165, 1.54) is 43.9 Å². The molecular weight excluding hydrogens is 380 g/mol. The molecule has 0 aliphatic heterocycles. The normalized spacial score (nSPS) is 14.7. The molecule has 0 unspecified atom stereocenters. The predicted molar refractivity (Wildman–Crippen MR) is 118 cm³/mol. The first kappa shape index (κ1) is 19.7. The average Bonchev–Trinajstić information content (AvgIpc) is 3.14. The average molecular weight is 407 g/mol. The Morgan fingerprint density at radius 3 is 2.55 bits per heavy atom. The quantitative estimate of drug-likeness (QED) is 0.550. The molecule has 0 atom stereocenters. The first-order chi connectivity index (χ1) is 14.2. The minimum absolute atomic E-state index is 0.0331. The highest BCUT2D eigenvalue weighted by Gasteiger charge is 2.22. The number of hydrogen-bond donors (Lipinski definition) is 1.